The quantitative estimate of drug-likeness (QED) is 0.786. The number of para-hydroxylation sites is 1. The molecule has 3 aliphatic heterocycles. The number of carbonyl (C=O) groups is 1. The summed E-state index contributed by atoms with van der Waals surface area (Å²) in [6, 6.07) is 9.16. The third kappa shape index (κ3) is 3.08. The van der Waals surface area contributed by atoms with Gasteiger partial charge in [-0.15, -0.1) is 0 Å². The van der Waals surface area contributed by atoms with Crippen molar-refractivity contribution < 1.29 is 17.9 Å². The van der Waals surface area contributed by atoms with Crippen molar-refractivity contribution in [3.05, 3.63) is 48.3 Å². The van der Waals surface area contributed by atoms with Crippen molar-refractivity contribution in [3.8, 4) is 5.69 Å². The summed E-state index contributed by atoms with van der Waals surface area (Å²) < 4.78 is 33.5. The SMILES string of the molecule is CS(=O)(=O)N1C[C@@H]2C(CNC(=O)c3ccccc3-n3cccn3)C3CC[C@]2(C1)O3. The summed E-state index contributed by atoms with van der Waals surface area (Å²) in [4.78, 5) is 12.9. The highest BCUT2D eigenvalue weighted by Gasteiger charge is 2.63. The minimum Gasteiger partial charge on any atom is -0.370 e. The molecule has 5 rings (SSSR count). The number of hydrogen-bond donors (Lipinski definition) is 1. The molecule has 1 N–H and O–H groups in total. The summed E-state index contributed by atoms with van der Waals surface area (Å²) in [6.45, 7) is 1.38. The molecule has 0 radical (unpaired) electrons. The van der Waals surface area contributed by atoms with Gasteiger partial charge in [0, 0.05) is 43.9 Å². The van der Waals surface area contributed by atoms with Gasteiger partial charge >= 0.3 is 0 Å². The van der Waals surface area contributed by atoms with Crippen LogP contribution in [0, 0.1) is 11.8 Å². The average Bonchev–Trinajstić information content (AvgIpc) is 3.46. The zero-order valence-corrected chi connectivity index (χ0v) is 17.0. The molecule has 1 amide bonds. The van der Waals surface area contributed by atoms with E-state index in [-0.39, 0.29) is 29.4 Å². The molecule has 154 valence electrons. The molecule has 4 atom stereocenters. The summed E-state index contributed by atoms with van der Waals surface area (Å²) >= 11 is 0. The number of amides is 1. The van der Waals surface area contributed by atoms with Crippen molar-refractivity contribution in [2.24, 2.45) is 11.8 Å². The Morgan fingerprint density at radius 2 is 2.17 bits per heavy atom. The highest BCUT2D eigenvalue weighted by atomic mass is 32.2. The number of fused-ring (bicyclic) bond motifs is 1. The summed E-state index contributed by atoms with van der Waals surface area (Å²) in [6.07, 6.45) is 6.62. The third-order valence-electron chi connectivity index (χ3n) is 6.62. The number of sulfonamides is 1. The Labute approximate surface area is 169 Å². The van der Waals surface area contributed by atoms with E-state index in [1.165, 1.54) is 10.6 Å². The van der Waals surface area contributed by atoms with E-state index in [1.54, 1.807) is 23.1 Å². The van der Waals surface area contributed by atoms with E-state index in [0.29, 0.717) is 25.2 Å². The van der Waals surface area contributed by atoms with Gasteiger partial charge in [-0.05, 0) is 31.0 Å². The Morgan fingerprint density at radius 1 is 1.34 bits per heavy atom. The summed E-state index contributed by atoms with van der Waals surface area (Å²) in [5.74, 6) is 0.0832. The highest BCUT2D eigenvalue weighted by Crippen LogP contribution is 2.55. The number of ether oxygens (including phenoxy) is 1. The van der Waals surface area contributed by atoms with Crippen LogP contribution in [0.4, 0.5) is 0 Å². The maximum absolute atomic E-state index is 12.9. The van der Waals surface area contributed by atoms with Crippen molar-refractivity contribution in [3.63, 3.8) is 0 Å². The zero-order valence-electron chi connectivity index (χ0n) is 16.2. The van der Waals surface area contributed by atoms with E-state index >= 15 is 0 Å². The molecular weight excluding hydrogens is 392 g/mol. The monoisotopic (exact) mass is 416 g/mol. The Morgan fingerprint density at radius 3 is 2.93 bits per heavy atom. The Bertz CT molecular complexity index is 1040. The van der Waals surface area contributed by atoms with Crippen LogP contribution in [0.1, 0.15) is 23.2 Å². The van der Waals surface area contributed by atoms with Crippen molar-refractivity contribution in [1.29, 1.82) is 0 Å². The Hall–Kier alpha value is -2.23. The van der Waals surface area contributed by atoms with E-state index in [0.717, 1.165) is 18.5 Å². The molecule has 3 aliphatic rings. The molecule has 4 heterocycles. The van der Waals surface area contributed by atoms with Crippen molar-refractivity contribution >= 4 is 15.9 Å². The second-order valence-electron chi connectivity index (χ2n) is 8.26. The molecule has 0 saturated carbocycles. The summed E-state index contributed by atoms with van der Waals surface area (Å²) in [5.41, 5.74) is 0.898. The first-order chi connectivity index (χ1) is 13.9. The summed E-state index contributed by atoms with van der Waals surface area (Å²) in [5, 5.41) is 7.29. The van der Waals surface area contributed by atoms with Crippen LogP contribution >= 0.6 is 0 Å². The van der Waals surface area contributed by atoms with Crippen molar-refractivity contribution in [2.75, 3.05) is 25.9 Å². The lowest BCUT2D eigenvalue weighted by Gasteiger charge is -2.29. The highest BCUT2D eigenvalue weighted by molar-refractivity contribution is 7.88. The molecular formula is C20H24N4O4S. The molecule has 2 bridgehead atoms. The number of rotatable bonds is 5. The van der Waals surface area contributed by atoms with Gasteiger partial charge in [0.2, 0.25) is 10.0 Å². The molecule has 0 aliphatic carbocycles. The average molecular weight is 417 g/mol. The first-order valence-electron chi connectivity index (χ1n) is 9.88. The van der Waals surface area contributed by atoms with Crippen LogP contribution in [0.25, 0.3) is 5.69 Å². The first-order valence-corrected chi connectivity index (χ1v) is 11.7. The fourth-order valence-electron chi connectivity index (χ4n) is 5.26. The van der Waals surface area contributed by atoms with Crippen LogP contribution in [0.3, 0.4) is 0 Å². The fraction of sp³-hybridized carbons (Fsp3) is 0.500. The summed E-state index contributed by atoms with van der Waals surface area (Å²) in [7, 11) is -3.25. The maximum Gasteiger partial charge on any atom is 0.253 e. The number of benzene rings is 1. The maximum atomic E-state index is 12.9. The van der Waals surface area contributed by atoms with Crippen LogP contribution < -0.4 is 5.32 Å². The minimum absolute atomic E-state index is 0.0865. The lowest BCUT2D eigenvalue weighted by molar-refractivity contribution is 0.00801. The molecule has 9 heteroatoms. The van der Waals surface area contributed by atoms with Gasteiger partial charge in [-0.3, -0.25) is 4.79 Å². The molecule has 1 aromatic heterocycles. The van der Waals surface area contributed by atoms with Gasteiger partial charge in [0.15, 0.2) is 0 Å². The van der Waals surface area contributed by atoms with Crippen LogP contribution in [-0.2, 0) is 14.8 Å². The van der Waals surface area contributed by atoms with Gasteiger partial charge in [-0.25, -0.2) is 13.1 Å². The third-order valence-corrected chi connectivity index (χ3v) is 7.84. The van der Waals surface area contributed by atoms with Crippen LogP contribution in [0.15, 0.2) is 42.7 Å². The molecule has 2 aromatic rings. The van der Waals surface area contributed by atoms with Crippen LogP contribution in [0.2, 0.25) is 0 Å². The van der Waals surface area contributed by atoms with Crippen LogP contribution in [-0.4, -0.2) is 66.0 Å². The van der Waals surface area contributed by atoms with E-state index in [2.05, 4.69) is 10.4 Å². The molecule has 29 heavy (non-hydrogen) atoms. The molecule has 2 unspecified atom stereocenters. The van der Waals surface area contributed by atoms with Gasteiger partial charge in [0.1, 0.15) is 0 Å². The second-order valence-corrected chi connectivity index (χ2v) is 10.2. The standard InChI is InChI=1S/C20H24N4O4S/c1-29(26,27)23-12-16-15(18-7-8-20(16,13-23)28-18)11-21-19(25)14-5-2-3-6-17(14)24-10-4-9-22-24/h2-6,9-10,15-16,18H,7-8,11-13H2,1H3,(H,21,25)/t15?,16-,18?,20-/m1/s1. The fourth-order valence-corrected chi connectivity index (χ4v) is 6.14. The molecule has 3 fully saturated rings. The van der Waals surface area contributed by atoms with Crippen LogP contribution in [0.5, 0.6) is 0 Å². The van der Waals surface area contributed by atoms with E-state index in [4.69, 9.17) is 4.74 Å². The lowest BCUT2D eigenvalue weighted by Crippen LogP contribution is -2.42. The molecule has 1 aromatic carbocycles. The van der Waals surface area contributed by atoms with Gasteiger partial charge in [0.05, 0.1) is 29.2 Å². The van der Waals surface area contributed by atoms with Gasteiger partial charge in [-0.1, -0.05) is 12.1 Å². The predicted octanol–water partition coefficient (Wildman–Crippen LogP) is 1.04. The topological polar surface area (TPSA) is 93.5 Å². The Balaban J connectivity index is 1.32. The normalized spacial score (nSPS) is 31.1. The first kappa shape index (κ1) is 18.8. The number of nitrogens with zero attached hydrogens (tertiary/aromatic N) is 3. The zero-order chi connectivity index (χ0) is 20.2. The number of carbonyl (C=O) groups excluding carboxylic acids is 1. The molecule has 1 spiro atoms. The van der Waals surface area contributed by atoms with E-state index in [1.807, 2.05) is 24.3 Å². The lowest BCUT2D eigenvalue weighted by atomic mass is 9.73. The molecule has 3 saturated heterocycles. The second kappa shape index (κ2) is 6.65. The number of nitrogens with one attached hydrogen (secondary N) is 1. The predicted molar refractivity (Wildman–Crippen MR) is 106 cm³/mol. The van der Waals surface area contributed by atoms with Crippen molar-refractivity contribution in [1.82, 2.24) is 19.4 Å². The smallest absolute Gasteiger partial charge is 0.253 e. The van der Waals surface area contributed by atoms with Gasteiger partial charge in [-0.2, -0.15) is 9.40 Å². The van der Waals surface area contributed by atoms with Crippen molar-refractivity contribution in [2.45, 2.75) is 24.5 Å². The number of hydrogen-bond acceptors (Lipinski definition) is 5. The Kier molecular flexibility index (Phi) is 4.30. The minimum atomic E-state index is -3.25. The molecule has 8 nitrogen and oxygen atoms in total. The van der Waals surface area contributed by atoms with Gasteiger partial charge < -0.3 is 10.1 Å². The largest absolute Gasteiger partial charge is 0.370 e. The van der Waals surface area contributed by atoms with E-state index in [9.17, 15) is 13.2 Å². The van der Waals surface area contributed by atoms with Gasteiger partial charge in [0.25, 0.3) is 5.91 Å². The van der Waals surface area contributed by atoms with E-state index < -0.39 is 10.0 Å². The number of aromatic nitrogens is 2.